The highest BCUT2D eigenvalue weighted by molar-refractivity contribution is 7.99. The molecule has 0 saturated heterocycles. The van der Waals surface area contributed by atoms with Crippen LogP contribution in [0.1, 0.15) is 5.56 Å². The van der Waals surface area contributed by atoms with Crippen molar-refractivity contribution in [2.75, 3.05) is 11.1 Å². The predicted octanol–water partition coefficient (Wildman–Crippen LogP) is 4.49. The van der Waals surface area contributed by atoms with E-state index in [0.29, 0.717) is 32.3 Å². The lowest BCUT2D eigenvalue weighted by Gasteiger charge is -2.12. The summed E-state index contributed by atoms with van der Waals surface area (Å²) in [6.45, 7) is 3.94. The van der Waals surface area contributed by atoms with Gasteiger partial charge in [-0.05, 0) is 36.4 Å². The Bertz CT molecular complexity index is 1220. The van der Waals surface area contributed by atoms with Crippen LogP contribution in [0.25, 0.3) is 10.9 Å². The number of nitriles is 1. The number of nitrogens with zero attached hydrogens (tertiary/aromatic N) is 3. The maximum absolute atomic E-state index is 12.8. The molecule has 3 rings (SSSR count). The molecule has 0 aliphatic heterocycles. The Balaban J connectivity index is 1.82. The quantitative estimate of drug-likeness (QED) is 0.343. The standard InChI is InChI=1S/C20H14Cl2N4O2S/c1-2-7-26-19(28)15-6-4-13(21)8-17(15)25-20(26)29-11-18(27)24-14-5-3-12(10-23)16(22)9-14/h2-6,8-9H,1,7,11H2,(H,24,27). The van der Waals surface area contributed by atoms with Crippen molar-refractivity contribution in [2.45, 2.75) is 11.7 Å². The average Bonchev–Trinajstić information content (AvgIpc) is 2.69. The maximum Gasteiger partial charge on any atom is 0.262 e. The fourth-order valence-electron chi connectivity index (χ4n) is 2.58. The monoisotopic (exact) mass is 444 g/mol. The van der Waals surface area contributed by atoms with Crippen LogP contribution in [-0.4, -0.2) is 21.2 Å². The van der Waals surface area contributed by atoms with E-state index in [1.54, 1.807) is 30.3 Å². The van der Waals surface area contributed by atoms with Gasteiger partial charge in [0.25, 0.3) is 5.56 Å². The van der Waals surface area contributed by atoms with Crippen LogP contribution in [0, 0.1) is 11.3 Å². The number of allylic oxidation sites excluding steroid dienone is 1. The van der Waals surface area contributed by atoms with Crippen molar-refractivity contribution < 1.29 is 4.79 Å². The third-order valence-electron chi connectivity index (χ3n) is 3.90. The second kappa shape index (κ2) is 9.14. The number of anilines is 1. The molecule has 0 aliphatic carbocycles. The van der Waals surface area contributed by atoms with Gasteiger partial charge in [0, 0.05) is 17.3 Å². The molecular formula is C20H14Cl2N4O2S. The molecule has 9 heteroatoms. The third kappa shape index (κ3) is 4.80. The molecule has 0 aliphatic rings. The normalized spacial score (nSPS) is 10.5. The summed E-state index contributed by atoms with van der Waals surface area (Å²) in [5.74, 6) is -0.283. The Labute approximate surface area is 180 Å². The number of aromatic nitrogens is 2. The van der Waals surface area contributed by atoms with E-state index in [4.69, 9.17) is 28.5 Å². The Morgan fingerprint density at radius 1 is 1.31 bits per heavy atom. The van der Waals surface area contributed by atoms with Gasteiger partial charge in [-0.3, -0.25) is 14.2 Å². The second-order valence-electron chi connectivity index (χ2n) is 5.90. The van der Waals surface area contributed by atoms with Crippen LogP contribution >= 0.6 is 35.0 Å². The summed E-state index contributed by atoms with van der Waals surface area (Å²) >= 11 is 13.1. The van der Waals surface area contributed by atoms with Gasteiger partial charge in [-0.25, -0.2) is 4.98 Å². The van der Waals surface area contributed by atoms with Crippen molar-refractivity contribution in [3.8, 4) is 6.07 Å². The lowest BCUT2D eigenvalue weighted by molar-refractivity contribution is -0.113. The van der Waals surface area contributed by atoms with Crippen LogP contribution in [0.5, 0.6) is 0 Å². The molecule has 146 valence electrons. The number of fused-ring (bicyclic) bond motifs is 1. The Kier molecular flexibility index (Phi) is 6.60. The lowest BCUT2D eigenvalue weighted by atomic mass is 10.2. The molecule has 0 bridgehead atoms. The van der Waals surface area contributed by atoms with E-state index in [1.807, 2.05) is 6.07 Å². The predicted molar refractivity (Wildman–Crippen MR) is 117 cm³/mol. The molecule has 0 fully saturated rings. The van der Waals surface area contributed by atoms with Gasteiger partial charge >= 0.3 is 0 Å². The van der Waals surface area contributed by atoms with E-state index in [0.717, 1.165) is 11.8 Å². The smallest absolute Gasteiger partial charge is 0.262 e. The van der Waals surface area contributed by atoms with Crippen molar-refractivity contribution in [2.24, 2.45) is 0 Å². The van der Waals surface area contributed by atoms with Gasteiger partial charge < -0.3 is 5.32 Å². The summed E-state index contributed by atoms with van der Waals surface area (Å²) in [6, 6.07) is 11.5. The highest BCUT2D eigenvalue weighted by Crippen LogP contribution is 2.22. The molecule has 1 amide bonds. The van der Waals surface area contributed by atoms with Crippen molar-refractivity contribution in [3.05, 3.63) is 75.0 Å². The minimum atomic E-state index is -0.304. The Hall–Kier alpha value is -2.79. The zero-order chi connectivity index (χ0) is 21.0. The molecule has 0 radical (unpaired) electrons. The number of rotatable bonds is 6. The molecule has 3 aromatic rings. The van der Waals surface area contributed by atoms with Gasteiger partial charge in [-0.2, -0.15) is 5.26 Å². The summed E-state index contributed by atoms with van der Waals surface area (Å²) in [4.78, 5) is 29.6. The van der Waals surface area contributed by atoms with Crippen molar-refractivity contribution in [1.82, 2.24) is 9.55 Å². The summed E-state index contributed by atoms with van der Waals surface area (Å²) in [5, 5.41) is 13.2. The van der Waals surface area contributed by atoms with Gasteiger partial charge in [-0.1, -0.05) is 41.0 Å². The lowest BCUT2D eigenvalue weighted by Crippen LogP contribution is -2.23. The van der Waals surface area contributed by atoms with Crippen LogP contribution in [0.15, 0.2) is 59.0 Å². The summed E-state index contributed by atoms with van der Waals surface area (Å²) in [5.41, 5.74) is 1.03. The molecule has 0 atom stereocenters. The first-order valence-corrected chi connectivity index (χ1v) is 10.1. The van der Waals surface area contributed by atoms with Crippen LogP contribution in [-0.2, 0) is 11.3 Å². The largest absolute Gasteiger partial charge is 0.325 e. The summed E-state index contributed by atoms with van der Waals surface area (Å²) in [6.07, 6.45) is 1.59. The van der Waals surface area contributed by atoms with Crippen LogP contribution in [0.4, 0.5) is 5.69 Å². The van der Waals surface area contributed by atoms with Gasteiger partial charge in [-0.15, -0.1) is 6.58 Å². The highest BCUT2D eigenvalue weighted by Gasteiger charge is 2.13. The number of nitrogens with one attached hydrogen (secondary N) is 1. The first-order valence-electron chi connectivity index (χ1n) is 8.36. The van der Waals surface area contributed by atoms with E-state index in [9.17, 15) is 9.59 Å². The number of thioether (sulfide) groups is 1. The molecule has 1 N–H and O–H groups in total. The Morgan fingerprint density at radius 2 is 2.10 bits per heavy atom. The summed E-state index contributed by atoms with van der Waals surface area (Å²) in [7, 11) is 0. The molecule has 0 unspecified atom stereocenters. The molecule has 0 saturated carbocycles. The third-order valence-corrected chi connectivity index (χ3v) is 5.42. The number of amides is 1. The van der Waals surface area contributed by atoms with Gasteiger partial charge in [0.15, 0.2) is 5.16 Å². The van der Waals surface area contributed by atoms with E-state index < -0.39 is 0 Å². The maximum atomic E-state index is 12.8. The van der Waals surface area contributed by atoms with E-state index >= 15 is 0 Å². The first-order chi connectivity index (χ1) is 13.9. The van der Waals surface area contributed by atoms with Crippen LogP contribution in [0.3, 0.4) is 0 Å². The van der Waals surface area contributed by atoms with E-state index in [-0.39, 0.29) is 28.8 Å². The minimum absolute atomic E-state index is 0.0211. The molecule has 0 spiro atoms. The Morgan fingerprint density at radius 3 is 2.79 bits per heavy atom. The van der Waals surface area contributed by atoms with Crippen LogP contribution in [0.2, 0.25) is 10.0 Å². The zero-order valence-corrected chi connectivity index (χ0v) is 17.3. The van der Waals surface area contributed by atoms with Crippen LogP contribution < -0.4 is 10.9 Å². The molecule has 6 nitrogen and oxygen atoms in total. The van der Waals surface area contributed by atoms with E-state index in [1.165, 1.54) is 16.7 Å². The topological polar surface area (TPSA) is 87.8 Å². The summed E-state index contributed by atoms with van der Waals surface area (Å²) < 4.78 is 1.46. The number of benzene rings is 2. The van der Waals surface area contributed by atoms with Crippen molar-refractivity contribution in [3.63, 3.8) is 0 Å². The number of carbonyl (C=O) groups excluding carboxylic acids is 1. The number of hydrogen-bond donors (Lipinski definition) is 1. The SMILES string of the molecule is C=CCn1c(SCC(=O)Nc2ccc(C#N)c(Cl)c2)nc2cc(Cl)ccc2c1=O. The number of carbonyl (C=O) groups is 1. The van der Waals surface area contributed by atoms with Crippen molar-refractivity contribution >= 4 is 57.5 Å². The molecule has 2 aromatic carbocycles. The molecule has 1 aromatic heterocycles. The van der Waals surface area contributed by atoms with Gasteiger partial charge in [0.2, 0.25) is 5.91 Å². The highest BCUT2D eigenvalue weighted by atomic mass is 35.5. The van der Waals surface area contributed by atoms with Gasteiger partial charge in [0.05, 0.1) is 27.2 Å². The zero-order valence-electron chi connectivity index (χ0n) is 15.0. The number of halogens is 2. The van der Waals surface area contributed by atoms with Gasteiger partial charge in [0.1, 0.15) is 6.07 Å². The fourth-order valence-corrected chi connectivity index (χ4v) is 3.78. The molecule has 29 heavy (non-hydrogen) atoms. The second-order valence-corrected chi connectivity index (χ2v) is 7.69. The molecule has 1 heterocycles. The molecular weight excluding hydrogens is 431 g/mol. The fraction of sp³-hybridized carbons (Fsp3) is 0.100. The van der Waals surface area contributed by atoms with Crippen molar-refractivity contribution in [1.29, 1.82) is 5.26 Å². The average molecular weight is 445 g/mol. The van der Waals surface area contributed by atoms with E-state index in [2.05, 4.69) is 16.9 Å². The minimum Gasteiger partial charge on any atom is -0.325 e. The number of hydrogen-bond acceptors (Lipinski definition) is 5. The first kappa shape index (κ1) is 20.9.